The van der Waals surface area contributed by atoms with Crippen LogP contribution in [0.3, 0.4) is 0 Å². The average molecular weight is 299 g/mol. The fraction of sp³-hybridized carbons (Fsp3) is 0.385. The van der Waals surface area contributed by atoms with E-state index in [2.05, 4.69) is 30.9 Å². The van der Waals surface area contributed by atoms with Crippen molar-refractivity contribution in [3.05, 3.63) is 29.0 Å². The predicted octanol–water partition coefficient (Wildman–Crippen LogP) is 4.13. The molecule has 0 saturated heterocycles. The van der Waals surface area contributed by atoms with Crippen molar-refractivity contribution in [1.82, 2.24) is 10.1 Å². The van der Waals surface area contributed by atoms with Crippen molar-refractivity contribution in [3.8, 4) is 17.2 Å². The van der Waals surface area contributed by atoms with Gasteiger partial charge in [0.1, 0.15) is 5.75 Å². The summed E-state index contributed by atoms with van der Waals surface area (Å²) in [6, 6.07) is 4.80. The molecule has 0 amide bonds. The quantitative estimate of drug-likeness (QED) is 0.923. The van der Waals surface area contributed by atoms with Crippen molar-refractivity contribution in [3.63, 3.8) is 0 Å². The van der Waals surface area contributed by atoms with E-state index in [4.69, 9.17) is 16.1 Å². The van der Waals surface area contributed by atoms with Crippen LogP contribution in [0.5, 0.6) is 5.75 Å². The van der Waals surface area contributed by atoms with Crippen LogP contribution in [0.2, 0.25) is 5.02 Å². The monoisotopic (exact) mass is 298 g/mol. The van der Waals surface area contributed by atoms with Crippen LogP contribution in [0.15, 0.2) is 22.7 Å². The Morgan fingerprint density at radius 1 is 1.37 bits per heavy atom. The molecule has 0 aliphatic rings. The number of phenols is 1. The number of hydrogen-bond acceptors (Lipinski definition) is 5. The van der Waals surface area contributed by atoms with Crippen molar-refractivity contribution in [2.45, 2.75) is 31.3 Å². The van der Waals surface area contributed by atoms with Gasteiger partial charge in [0.2, 0.25) is 0 Å². The van der Waals surface area contributed by atoms with Gasteiger partial charge in [0.05, 0.1) is 10.8 Å². The molecule has 0 aliphatic heterocycles. The van der Waals surface area contributed by atoms with E-state index >= 15 is 0 Å². The summed E-state index contributed by atoms with van der Waals surface area (Å²) in [5, 5.41) is 13.6. The minimum Gasteiger partial charge on any atom is -0.506 e. The fourth-order valence-electron chi connectivity index (χ4n) is 1.35. The smallest absolute Gasteiger partial charge is 0.258 e. The van der Waals surface area contributed by atoms with Gasteiger partial charge in [-0.25, -0.2) is 0 Å². The molecule has 1 N–H and O–H groups in total. The zero-order valence-electron chi connectivity index (χ0n) is 11.0. The second kappa shape index (κ2) is 5.43. The maximum atomic E-state index is 9.37. The number of nitrogens with zero attached hydrogens (tertiary/aromatic N) is 2. The first-order chi connectivity index (χ1) is 8.85. The summed E-state index contributed by atoms with van der Waals surface area (Å²) in [5.74, 6) is 1.79. The molecule has 0 atom stereocenters. The topological polar surface area (TPSA) is 59.2 Å². The number of aromatic nitrogens is 2. The molecule has 19 heavy (non-hydrogen) atoms. The molecule has 0 saturated carbocycles. The summed E-state index contributed by atoms with van der Waals surface area (Å²) >= 11 is 7.60. The number of hydrogen-bond donors (Lipinski definition) is 1. The Morgan fingerprint density at radius 3 is 2.74 bits per heavy atom. The van der Waals surface area contributed by atoms with Crippen LogP contribution >= 0.6 is 23.4 Å². The maximum Gasteiger partial charge on any atom is 0.258 e. The molecule has 1 aromatic carbocycles. The van der Waals surface area contributed by atoms with E-state index in [0.717, 1.165) is 0 Å². The van der Waals surface area contributed by atoms with E-state index in [-0.39, 0.29) is 15.5 Å². The predicted molar refractivity (Wildman–Crippen MR) is 77.5 cm³/mol. The Labute approximate surface area is 121 Å². The second-order valence-corrected chi connectivity index (χ2v) is 7.29. The highest BCUT2D eigenvalue weighted by atomic mass is 35.5. The highest BCUT2D eigenvalue weighted by Gasteiger charge is 2.15. The molecule has 1 heterocycles. The van der Waals surface area contributed by atoms with Gasteiger partial charge in [-0.1, -0.05) is 37.5 Å². The van der Waals surface area contributed by atoms with E-state index < -0.39 is 0 Å². The van der Waals surface area contributed by atoms with Gasteiger partial charge in [0.15, 0.2) is 5.82 Å². The Balaban J connectivity index is 2.14. The van der Waals surface area contributed by atoms with Crippen LogP contribution < -0.4 is 0 Å². The molecule has 0 radical (unpaired) electrons. The third-order valence-electron chi connectivity index (χ3n) is 2.30. The number of halogens is 1. The van der Waals surface area contributed by atoms with E-state index in [9.17, 15) is 5.11 Å². The lowest BCUT2D eigenvalue weighted by molar-refractivity contribution is 0.425. The Kier molecular flexibility index (Phi) is 4.06. The van der Waals surface area contributed by atoms with Crippen LogP contribution in [-0.4, -0.2) is 20.0 Å². The minimum atomic E-state index is 0.0356. The molecule has 0 fully saturated rings. The zero-order valence-corrected chi connectivity index (χ0v) is 12.5. The lowest BCUT2D eigenvalue weighted by atomic mass is 10.2. The van der Waals surface area contributed by atoms with Crippen LogP contribution in [0.4, 0.5) is 0 Å². The highest BCUT2D eigenvalue weighted by Crippen LogP contribution is 2.30. The number of rotatable bonds is 3. The zero-order chi connectivity index (χ0) is 14.0. The molecule has 6 heteroatoms. The molecule has 2 aromatic rings. The second-order valence-electron chi connectivity index (χ2n) is 5.08. The number of phenolic OH excluding ortho intramolecular Hbond substituents is 1. The van der Waals surface area contributed by atoms with Gasteiger partial charge in [0.25, 0.3) is 5.89 Å². The lowest BCUT2D eigenvalue weighted by Gasteiger charge is -2.15. The van der Waals surface area contributed by atoms with Crippen LogP contribution in [0.1, 0.15) is 26.6 Å². The standard InChI is InChI=1S/C13H15ClN2O2S/c1-13(2,3)19-7-11-15-12(18-16-11)8-4-5-10(17)9(14)6-8/h4-6,17H,7H2,1-3H3. The summed E-state index contributed by atoms with van der Waals surface area (Å²) in [6.45, 7) is 6.41. The molecule has 2 rings (SSSR count). The summed E-state index contributed by atoms with van der Waals surface area (Å²) < 4.78 is 5.35. The lowest BCUT2D eigenvalue weighted by Crippen LogP contribution is -2.07. The molecule has 0 bridgehead atoms. The first-order valence-electron chi connectivity index (χ1n) is 5.80. The Hall–Kier alpha value is -1.20. The largest absolute Gasteiger partial charge is 0.506 e. The van der Waals surface area contributed by atoms with E-state index in [1.54, 1.807) is 23.9 Å². The van der Waals surface area contributed by atoms with Crippen LogP contribution in [0, 0.1) is 0 Å². The number of benzene rings is 1. The SMILES string of the molecule is CC(C)(C)SCc1noc(-c2ccc(O)c(Cl)c2)n1. The molecule has 102 valence electrons. The first kappa shape index (κ1) is 14.2. The molecule has 0 aliphatic carbocycles. The molecule has 4 nitrogen and oxygen atoms in total. The van der Waals surface area contributed by atoms with Gasteiger partial charge < -0.3 is 9.63 Å². The van der Waals surface area contributed by atoms with Gasteiger partial charge in [-0.15, -0.1) is 11.8 Å². The van der Waals surface area contributed by atoms with Gasteiger partial charge in [-0.2, -0.15) is 4.98 Å². The van der Waals surface area contributed by atoms with Gasteiger partial charge >= 0.3 is 0 Å². The van der Waals surface area contributed by atoms with Crippen molar-refractivity contribution < 1.29 is 9.63 Å². The molecule has 0 unspecified atom stereocenters. The van der Waals surface area contributed by atoms with Crippen molar-refractivity contribution in [2.24, 2.45) is 0 Å². The Bertz CT molecular complexity index is 578. The van der Waals surface area contributed by atoms with E-state index in [1.807, 2.05) is 0 Å². The number of aromatic hydroxyl groups is 1. The average Bonchev–Trinajstić information content (AvgIpc) is 2.78. The number of thioether (sulfide) groups is 1. The summed E-state index contributed by atoms with van der Waals surface area (Å²) in [4.78, 5) is 4.32. The van der Waals surface area contributed by atoms with Crippen LogP contribution in [-0.2, 0) is 5.75 Å². The van der Waals surface area contributed by atoms with Crippen molar-refractivity contribution in [1.29, 1.82) is 0 Å². The normalized spacial score (nSPS) is 11.8. The third-order valence-corrected chi connectivity index (χ3v) is 3.87. The maximum absolute atomic E-state index is 9.37. The van der Waals surface area contributed by atoms with Crippen molar-refractivity contribution in [2.75, 3.05) is 0 Å². The van der Waals surface area contributed by atoms with Gasteiger partial charge in [-0.3, -0.25) is 0 Å². The minimum absolute atomic E-state index is 0.0356. The van der Waals surface area contributed by atoms with Gasteiger partial charge in [0, 0.05) is 10.3 Å². The Morgan fingerprint density at radius 2 is 2.11 bits per heavy atom. The molecular formula is C13H15ClN2O2S. The summed E-state index contributed by atoms with van der Waals surface area (Å²) in [7, 11) is 0. The first-order valence-corrected chi connectivity index (χ1v) is 7.17. The van der Waals surface area contributed by atoms with Gasteiger partial charge in [-0.05, 0) is 18.2 Å². The van der Waals surface area contributed by atoms with E-state index in [1.165, 1.54) is 6.07 Å². The summed E-state index contributed by atoms with van der Waals surface area (Å²) in [6.07, 6.45) is 0. The molecule has 0 spiro atoms. The molecule has 1 aromatic heterocycles. The third kappa shape index (κ3) is 3.88. The van der Waals surface area contributed by atoms with Crippen molar-refractivity contribution >= 4 is 23.4 Å². The highest BCUT2D eigenvalue weighted by molar-refractivity contribution is 7.99. The van der Waals surface area contributed by atoms with Crippen LogP contribution in [0.25, 0.3) is 11.5 Å². The van der Waals surface area contributed by atoms with E-state index in [0.29, 0.717) is 23.0 Å². The summed E-state index contributed by atoms with van der Waals surface area (Å²) in [5.41, 5.74) is 0.697. The fourth-order valence-corrected chi connectivity index (χ4v) is 2.21. The molecular weight excluding hydrogens is 284 g/mol.